The van der Waals surface area contributed by atoms with Gasteiger partial charge in [0.15, 0.2) is 0 Å². The SMILES string of the molecule is Cc1ccc(C(NC(=O)C2(c3ccc4c(c3)CCN4)CC2)c2ccc(C)o2)c(C)c1. The third-order valence-corrected chi connectivity index (χ3v) is 6.61. The molecule has 3 aromatic rings. The van der Waals surface area contributed by atoms with Gasteiger partial charge in [0.1, 0.15) is 17.6 Å². The number of hydrogen-bond acceptors (Lipinski definition) is 3. The van der Waals surface area contributed by atoms with Crippen molar-refractivity contribution >= 4 is 11.6 Å². The highest BCUT2D eigenvalue weighted by Crippen LogP contribution is 2.50. The van der Waals surface area contributed by atoms with Crippen LogP contribution in [0.4, 0.5) is 5.69 Å². The molecule has 0 saturated heterocycles. The Morgan fingerprint density at radius 3 is 2.60 bits per heavy atom. The van der Waals surface area contributed by atoms with Crippen molar-refractivity contribution in [3.8, 4) is 0 Å². The molecule has 2 aromatic carbocycles. The lowest BCUT2D eigenvalue weighted by Gasteiger charge is -2.24. The van der Waals surface area contributed by atoms with Crippen molar-refractivity contribution in [2.75, 3.05) is 11.9 Å². The lowest BCUT2D eigenvalue weighted by molar-refractivity contribution is -0.124. The van der Waals surface area contributed by atoms with E-state index in [9.17, 15) is 4.79 Å². The summed E-state index contributed by atoms with van der Waals surface area (Å²) in [5.74, 6) is 1.72. The zero-order chi connectivity index (χ0) is 20.9. The molecule has 5 rings (SSSR count). The molecule has 1 amide bonds. The van der Waals surface area contributed by atoms with Gasteiger partial charge < -0.3 is 15.1 Å². The number of carbonyl (C=O) groups excluding carboxylic acids is 1. The molecule has 4 heteroatoms. The van der Waals surface area contributed by atoms with E-state index in [4.69, 9.17) is 4.42 Å². The van der Waals surface area contributed by atoms with E-state index in [0.717, 1.165) is 54.0 Å². The number of furan rings is 1. The van der Waals surface area contributed by atoms with Crippen LogP contribution < -0.4 is 10.6 Å². The predicted molar refractivity (Wildman–Crippen MR) is 119 cm³/mol. The minimum absolute atomic E-state index is 0.0902. The Bertz CT molecular complexity index is 1120. The molecule has 0 radical (unpaired) electrons. The topological polar surface area (TPSA) is 54.3 Å². The molecule has 1 atom stereocenters. The molecule has 0 spiro atoms. The van der Waals surface area contributed by atoms with Gasteiger partial charge in [0, 0.05) is 12.2 Å². The van der Waals surface area contributed by atoms with Gasteiger partial charge in [0.2, 0.25) is 5.91 Å². The van der Waals surface area contributed by atoms with Crippen molar-refractivity contribution < 1.29 is 9.21 Å². The Morgan fingerprint density at radius 2 is 1.90 bits per heavy atom. The number of nitrogens with one attached hydrogen (secondary N) is 2. The lowest BCUT2D eigenvalue weighted by Crippen LogP contribution is -2.38. The van der Waals surface area contributed by atoms with Gasteiger partial charge in [-0.3, -0.25) is 4.79 Å². The van der Waals surface area contributed by atoms with Gasteiger partial charge in [0.25, 0.3) is 0 Å². The van der Waals surface area contributed by atoms with Gasteiger partial charge >= 0.3 is 0 Å². The number of rotatable bonds is 5. The van der Waals surface area contributed by atoms with Crippen LogP contribution in [0, 0.1) is 20.8 Å². The monoisotopic (exact) mass is 400 g/mol. The van der Waals surface area contributed by atoms with Crippen molar-refractivity contribution in [3.05, 3.63) is 87.9 Å². The quantitative estimate of drug-likeness (QED) is 0.626. The third-order valence-electron chi connectivity index (χ3n) is 6.61. The molecule has 1 unspecified atom stereocenters. The molecule has 4 nitrogen and oxygen atoms in total. The molecule has 0 bridgehead atoms. The van der Waals surface area contributed by atoms with Crippen LogP contribution in [0.2, 0.25) is 0 Å². The summed E-state index contributed by atoms with van der Waals surface area (Å²) in [6, 6.07) is 16.5. The second-order valence-electron chi connectivity index (χ2n) is 8.85. The first-order chi connectivity index (χ1) is 14.5. The number of carbonyl (C=O) groups is 1. The van der Waals surface area contributed by atoms with Crippen molar-refractivity contribution in [1.29, 1.82) is 0 Å². The van der Waals surface area contributed by atoms with Crippen molar-refractivity contribution in [3.63, 3.8) is 0 Å². The fourth-order valence-corrected chi connectivity index (χ4v) is 4.70. The summed E-state index contributed by atoms with van der Waals surface area (Å²) in [5, 5.41) is 6.75. The van der Waals surface area contributed by atoms with E-state index in [1.807, 2.05) is 19.1 Å². The van der Waals surface area contributed by atoms with Gasteiger partial charge in [-0.05, 0) is 80.5 Å². The summed E-state index contributed by atoms with van der Waals surface area (Å²) in [6.07, 6.45) is 2.81. The van der Waals surface area contributed by atoms with Crippen LogP contribution >= 0.6 is 0 Å². The summed E-state index contributed by atoms with van der Waals surface area (Å²) in [6.45, 7) is 7.09. The van der Waals surface area contributed by atoms with Crippen LogP contribution in [0.3, 0.4) is 0 Å². The summed E-state index contributed by atoms with van der Waals surface area (Å²) in [5.41, 5.74) is 6.68. The van der Waals surface area contributed by atoms with Gasteiger partial charge in [-0.25, -0.2) is 0 Å². The Kier molecular flexibility index (Phi) is 4.46. The molecular weight excluding hydrogens is 372 g/mol. The van der Waals surface area contributed by atoms with E-state index >= 15 is 0 Å². The highest BCUT2D eigenvalue weighted by molar-refractivity contribution is 5.92. The average molecular weight is 401 g/mol. The molecule has 1 aliphatic carbocycles. The predicted octanol–water partition coefficient (Wildman–Crippen LogP) is 5.11. The summed E-state index contributed by atoms with van der Waals surface area (Å²) in [4.78, 5) is 13.6. The zero-order valence-corrected chi connectivity index (χ0v) is 17.8. The van der Waals surface area contributed by atoms with E-state index in [-0.39, 0.29) is 11.9 Å². The highest BCUT2D eigenvalue weighted by atomic mass is 16.3. The van der Waals surface area contributed by atoms with Crippen LogP contribution in [0.5, 0.6) is 0 Å². The number of fused-ring (bicyclic) bond motifs is 1. The number of hydrogen-bond donors (Lipinski definition) is 2. The molecule has 2 heterocycles. The van der Waals surface area contributed by atoms with Gasteiger partial charge in [0.05, 0.1) is 5.41 Å². The number of anilines is 1. The average Bonchev–Trinajstić information content (AvgIpc) is 3.20. The maximum absolute atomic E-state index is 13.6. The molecule has 154 valence electrons. The Morgan fingerprint density at radius 1 is 1.07 bits per heavy atom. The highest BCUT2D eigenvalue weighted by Gasteiger charge is 2.52. The van der Waals surface area contributed by atoms with Gasteiger partial charge in [-0.2, -0.15) is 0 Å². The summed E-state index contributed by atoms with van der Waals surface area (Å²) >= 11 is 0. The fourth-order valence-electron chi connectivity index (χ4n) is 4.70. The summed E-state index contributed by atoms with van der Waals surface area (Å²) in [7, 11) is 0. The maximum Gasteiger partial charge on any atom is 0.231 e. The van der Waals surface area contributed by atoms with Crippen LogP contribution in [0.15, 0.2) is 52.9 Å². The lowest BCUT2D eigenvalue weighted by atomic mass is 9.91. The first-order valence-corrected chi connectivity index (χ1v) is 10.8. The van der Waals surface area contributed by atoms with E-state index < -0.39 is 5.41 Å². The van der Waals surface area contributed by atoms with Crippen molar-refractivity contribution in [2.24, 2.45) is 0 Å². The molecule has 2 aliphatic rings. The first-order valence-electron chi connectivity index (χ1n) is 10.8. The Balaban J connectivity index is 1.48. The van der Waals surface area contributed by atoms with E-state index in [2.05, 4.69) is 60.9 Å². The largest absolute Gasteiger partial charge is 0.464 e. The molecule has 1 fully saturated rings. The summed E-state index contributed by atoms with van der Waals surface area (Å²) < 4.78 is 5.96. The smallest absolute Gasteiger partial charge is 0.231 e. The third kappa shape index (κ3) is 3.20. The molecule has 1 aromatic heterocycles. The van der Waals surface area contributed by atoms with Crippen molar-refractivity contribution in [2.45, 2.75) is 51.5 Å². The van der Waals surface area contributed by atoms with E-state index in [1.54, 1.807) is 0 Å². The second kappa shape index (κ2) is 7.05. The minimum atomic E-state index is -0.421. The van der Waals surface area contributed by atoms with E-state index in [0.29, 0.717) is 0 Å². The standard InChI is InChI=1S/C26H28N2O2/c1-16-4-7-21(17(2)14-16)24(23-9-5-18(3)30-23)28-25(29)26(11-12-26)20-6-8-22-19(15-20)10-13-27-22/h4-9,14-15,24,27H,10-13H2,1-3H3,(H,28,29). The number of amides is 1. The molecule has 1 aliphatic heterocycles. The Hall–Kier alpha value is -3.01. The number of aryl methyl sites for hydroxylation is 3. The second-order valence-corrected chi connectivity index (χ2v) is 8.85. The Labute approximate surface area is 177 Å². The van der Waals surface area contributed by atoms with Crippen molar-refractivity contribution in [1.82, 2.24) is 5.32 Å². The van der Waals surface area contributed by atoms with Crippen LogP contribution in [0.1, 0.15) is 58.2 Å². The molecule has 1 saturated carbocycles. The molecule has 30 heavy (non-hydrogen) atoms. The molecule has 2 N–H and O–H groups in total. The maximum atomic E-state index is 13.6. The normalized spacial score (nSPS) is 17.2. The van der Waals surface area contributed by atoms with Crippen LogP contribution in [-0.4, -0.2) is 12.5 Å². The zero-order valence-electron chi connectivity index (χ0n) is 17.8. The van der Waals surface area contributed by atoms with Crippen LogP contribution in [0.25, 0.3) is 0 Å². The number of benzene rings is 2. The van der Waals surface area contributed by atoms with Gasteiger partial charge in [-0.15, -0.1) is 0 Å². The molecular formula is C26H28N2O2. The van der Waals surface area contributed by atoms with Gasteiger partial charge in [-0.1, -0.05) is 35.9 Å². The first kappa shape index (κ1) is 19.0. The minimum Gasteiger partial charge on any atom is -0.464 e. The fraction of sp³-hybridized carbons (Fsp3) is 0.346. The van der Waals surface area contributed by atoms with E-state index in [1.165, 1.54) is 16.8 Å². The van der Waals surface area contributed by atoms with Crippen LogP contribution in [-0.2, 0) is 16.6 Å².